The maximum absolute atomic E-state index is 12.8. The molecule has 1 heterocycles. The first-order valence-corrected chi connectivity index (χ1v) is 27.0. The van der Waals surface area contributed by atoms with Gasteiger partial charge in [-0.05, 0) is 77.0 Å². The van der Waals surface area contributed by atoms with Crippen molar-refractivity contribution in [2.75, 3.05) is 47.5 Å². The summed E-state index contributed by atoms with van der Waals surface area (Å²) in [5.74, 6) is -0.872. The zero-order chi connectivity index (χ0) is 46.1. The van der Waals surface area contributed by atoms with Gasteiger partial charge < -0.3 is 23.6 Å². The Bertz CT molecular complexity index is 1280. The molecule has 0 bridgehead atoms. The molecule has 4 atom stereocenters. The molecule has 3 unspecified atom stereocenters. The fourth-order valence-corrected chi connectivity index (χ4v) is 7.90. The molecule has 63 heavy (non-hydrogen) atoms. The highest BCUT2D eigenvalue weighted by molar-refractivity contribution is 7.47. The summed E-state index contributed by atoms with van der Waals surface area (Å²) >= 11 is 0. The molecule has 0 radical (unpaired) electrons. The van der Waals surface area contributed by atoms with Crippen molar-refractivity contribution in [2.24, 2.45) is 0 Å². The van der Waals surface area contributed by atoms with E-state index in [0.29, 0.717) is 23.9 Å². The number of nitrogens with zero attached hydrogens (tertiary/aromatic N) is 1. The molecular weight excluding hydrogens is 814 g/mol. The number of allylic oxidation sites excluding steroid dienone is 7. The Labute approximate surface area is 386 Å². The zero-order valence-corrected chi connectivity index (χ0v) is 41.9. The lowest BCUT2D eigenvalue weighted by Gasteiger charge is -2.24. The number of esters is 2. The molecule has 0 aromatic rings. The second-order valence-electron chi connectivity index (χ2n) is 18.6. The third kappa shape index (κ3) is 41.1. The quantitative estimate of drug-likeness (QED) is 0.0159. The fraction of sp³-hybridized carbons (Fsp3) is 0.808. The first-order valence-electron chi connectivity index (χ1n) is 25.5. The number of epoxide rings is 1. The molecule has 10 nitrogen and oxygen atoms in total. The van der Waals surface area contributed by atoms with Crippen molar-refractivity contribution in [1.29, 1.82) is 0 Å². The molecule has 1 fully saturated rings. The first-order chi connectivity index (χ1) is 30.5. The summed E-state index contributed by atoms with van der Waals surface area (Å²) < 4.78 is 40.2. The van der Waals surface area contributed by atoms with Crippen LogP contribution in [-0.2, 0) is 37.4 Å². The summed E-state index contributed by atoms with van der Waals surface area (Å²) in [5, 5.41) is 0. The number of carbonyl (C=O) groups excluding carboxylic acids is 2. The summed E-state index contributed by atoms with van der Waals surface area (Å²) in [4.78, 5) is 35.6. The van der Waals surface area contributed by atoms with Crippen molar-refractivity contribution in [3.05, 3.63) is 48.6 Å². The maximum atomic E-state index is 12.8. The van der Waals surface area contributed by atoms with Crippen molar-refractivity contribution in [3.63, 3.8) is 0 Å². The summed E-state index contributed by atoms with van der Waals surface area (Å²) in [5.41, 5.74) is 0. The van der Waals surface area contributed by atoms with Crippen LogP contribution in [0.2, 0.25) is 0 Å². The number of phosphoric acid groups is 1. The van der Waals surface area contributed by atoms with Gasteiger partial charge in [-0.2, -0.15) is 0 Å². The predicted octanol–water partition coefficient (Wildman–Crippen LogP) is 14.0. The lowest BCUT2D eigenvalue weighted by Crippen LogP contribution is -2.37. The van der Waals surface area contributed by atoms with Crippen LogP contribution in [0.4, 0.5) is 0 Å². The number of hydrogen-bond acceptors (Lipinski definition) is 8. The van der Waals surface area contributed by atoms with Crippen LogP contribution in [-0.4, -0.2) is 87.1 Å². The predicted molar refractivity (Wildman–Crippen MR) is 261 cm³/mol. The summed E-state index contributed by atoms with van der Waals surface area (Å²) in [6, 6.07) is 0. The Hall–Kier alpha value is -2.07. The van der Waals surface area contributed by atoms with Crippen molar-refractivity contribution in [3.8, 4) is 0 Å². The monoisotopic (exact) mass is 909 g/mol. The molecule has 0 spiro atoms. The highest BCUT2D eigenvalue weighted by atomic mass is 31.2. The van der Waals surface area contributed by atoms with Crippen molar-refractivity contribution in [1.82, 2.24) is 0 Å². The van der Waals surface area contributed by atoms with Crippen LogP contribution in [0, 0.1) is 0 Å². The van der Waals surface area contributed by atoms with Crippen LogP contribution in [0.15, 0.2) is 48.6 Å². The Kier molecular flexibility index (Phi) is 37.6. The van der Waals surface area contributed by atoms with Crippen LogP contribution in [0.1, 0.15) is 206 Å². The second kappa shape index (κ2) is 40.2. The SMILES string of the molecule is CCCCC/C=C\C/C=C\C/C=C\CC1OC1CCCC(=O)OC[C@H](COP(=O)(O)OCC[N+](C)(C)C)OC(=O)CCCCCCCCCCCCC/C=C\CCCCCCCC. The number of unbranched alkanes of at least 4 members (excludes halogenated alkanes) is 20. The third-order valence-electron chi connectivity index (χ3n) is 11.3. The largest absolute Gasteiger partial charge is 0.472 e. The molecule has 0 amide bonds. The molecular formula is C52H95NO9P+. The van der Waals surface area contributed by atoms with Gasteiger partial charge >= 0.3 is 19.8 Å². The van der Waals surface area contributed by atoms with E-state index in [-0.39, 0.29) is 38.3 Å². The molecule has 11 heteroatoms. The van der Waals surface area contributed by atoms with Gasteiger partial charge in [0.05, 0.1) is 40.0 Å². The van der Waals surface area contributed by atoms with E-state index in [4.69, 9.17) is 23.3 Å². The Morgan fingerprint density at radius 3 is 1.65 bits per heavy atom. The number of ether oxygens (including phenoxy) is 3. The topological polar surface area (TPSA) is 121 Å². The van der Waals surface area contributed by atoms with Crippen molar-refractivity contribution >= 4 is 19.8 Å². The van der Waals surface area contributed by atoms with Crippen LogP contribution >= 0.6 is 7.82 Å². The Morgan fingerprint density at radius 2 is 1.06 bits per heavy atom. The lowest BCUT2D eigenvalue weighted by molar-refractivity contribution is -0.870. The van der Waals surface area contributed by atoms with Crippen molar-refractivity contribution in [2.45, 2.75) is 225 Å². The molecule has 1 N–H and O–H groups in total. The standard InChI is InChI=1S/C52H94NO9P/c1-6-8-10-12-14-16-18-20-21-22-23-24-25-26-27-28-30-32-34-36-38-42-52(55)61-48(47-60-63(56,57)59-45-44-53(3,4)5)46-58-51(54)43-39-41-50-49(62-50)40-37-35-33-31-29-19-17-15-13-11-9-7-2/h15,17,20-21,29,31,35,37,48-50H,6-14,16,18-19,22-28,30,32-34,36,38-47H2,1-5H3/p+1/b17-15-,21-20-,31-29-,37-35-/t48-,49?,50?/m1/s1. The van der Waals surface area contributed by atoms with E-state index in [1.54, 1.807) is 0 Å². The zero-order valence-electron chi connectivity index (χ0n) is 41.0. The molecule has 1 saturated heterocycles. The molecule has 1 rings (SSSR count). The summed E-state index contributed by atoms with van der Waals surface area (Å²) in [7, 11) is 1.44. The third-order valence-corrected chi connectivity index (χ3v) is 12.2. The average molecular weight is 909 g/mol. The van der Waals surface area contributed by atoms with Gasteiger partial charge in [-0.3, -0.25) is 18.6 Å². The normalized spacial score (nSPS) is 17.0. The molecule has 0 aromatic carbocycles. The number of likely N-dealkylation sites (N-methyl/N-ethyl adjacent to an activating group) is 1. The first kappa shape index (κ1) is 58.9. The lowest BCUT2D eigenvalue weighted by atomic mass is 10.0. The number of hydrogen-bond donors (Lipinski definition) is 1. The highest BCUT2D eigenvalue weighted by Crippen LogP contribution is 2.43. The number of carbonyl (C=O) groups is 2. The number of phosphoric ester groups is 1. The van der Waals surface area contributed by atoms with E-state index in [1.165, 1.54) is 122 Å². The van der Waals surface area contributed by atoms with Gasteiger partial charge in [-0.25, -0.2) is 4.57 Å². The van der Waals surface area contributed by atoms with Gasteiger partial charge in [0, 0.05) is 12.8 Å². The summed E-state index contributed by atoms with van der Waals surface area (Å²) in [6.45, 7) is 4.32. The number of quaternary nitrogens is 1. The van der Waals surface area contributed by atoms with E-state index in [9.17, 15) is 19.0 Å². The average Bonchev–Trinajstić information content (AvgIpc) is 3.99. The minimum Gasteiger partial charge on any atom is -0.462 e. The van der Waals surface area contributed by atoms with Crippen LogP contribution < -0.4 is 0 Å². The van der Waals surface area contributed by atoms with Gasteiger partial charge in [-0.15, -0.1) is 0 Å². The Morgan fingerprint density at radius 1 is 0.587 bits per heavy atom. The van der Waals surface area contributed by atoms with Gasteiger partial charge in [0.15, 0.2) is 6.10 Å². The van der Waals surface area contributed by atoms with Crippen molar-refractivity contribution < 1.29 is 46.8 Å². The highest BCUT2D eigenvalue weighted by Gasteiger charge is 2.36. The van der Waals surface area contributed by atoms with Crippen LogP contribution in [0.5, 0.6) is 0 Å². The van der Waals surface area contributed by atoms with Gasteiger partial charge in [0.2, 0.25) is 0 Å². The second-order valence-corrected chi connectivity index (χ2v) is 20.0. The molecule has 0 saturated carbocycles. The minimum atomic E-state index is -4.40. The number of rotatable bonds is 45. The Balaban J connectivity index is 2.26. The summed E-state index contributed by atoms with van der Waals surface area (Å²) in [6.07, 6.45) is 50.4. The van der Waals surface area contributed by atoms with Gasteiger partial charge in [-0.1, -0.05) is 165 Å². The molecule has 366 valence electrons. The van der Waals surface area contributed by atoms with E-state index in [2.05, 4.69) is 62.5 Å². The van der Waals surface area contributed by atoms with E-state index in [1.807, 2.05) is 21.1 Å². The maximum Gasteiger partial charge on any atom is 0.472 e. The van der Waals surface area contributed by atoms with Gasteiger partial charge in [0.1, 0.15) is 19.8 Å². The van der Waals surface area contributed by atoms with E-state index < -0.39 is 32.5 Å². The molecule has 1 aliphatic rings. The molecule has 0 aromatic heterocycles. The molecule has 0 aliphatic carbocycles. The molecule has 1 aliphatic heterocycles. The smallest absolute Gasteiger partial charge is 0.462 e. The van der Waals surface area contributed by atoms with Crippen LogP contribution in [0.25, 0.3) is 0 Å². The van der Waals surface area contributed by atoms with E-state index >= 15 is 0 Å². The fourth-order valence-electron chi connectivity index (χ4n) is 7.15. The van der Waals surface area contributed by atoms with E-state index in [0.717, 1.165) is 44.9 Å². The van der Waals surface area contributed by atoms with Crippen LogP contribution in [0.3, 0.4) is 0 Å². The minimum absolute atomic E-state index is 0.0186. The van der Waals surface area contributed by atoms with Gasteiger partial charge in [0.25, 0.3) is 0 Å².